The quantitative estimate of drug-likeness (QED) is 0.861. The monoisotopic (exact) mass is 359 g/mol. The molecule has 2 N–H and O–H groups in total. The van der Waals surface area contributed by atoms with Crippen LogP contribution < -0.4 is 10.6 Å². The van der Waals surface area contributed by atoms with Crippen LogP contribution in [0.5, 0.6) is 0 Å². The number of carbonyl (C=O) groups is 1. The molecule has 2 aromatic rings. The lowest BCUT2D eigenvalue weighted by atomic mass is 10.00. The molecule has 2 atom stereocenters. The van der Waals surface area contributed by atoms with E-state index in [-0.39, 0.29) is 24.2 Å². The van der Waals surface area contributed by atoms with E-state index in [0.717, 1.165) is 45.7 Å². The van der Waals surface area contributed by atoms with Crippen molar-refractivity contribution in [3.8, 4) is 0 Å². The molecule has 1 aliphatic heterocycles. The van der Waals surface area contributed by atoms with Crippen molar-refractivity contribution < 1.29 is 4.79 Å². The Bertz CT molecular complexity index is 724. The summed E-state index contributed by atoms with van der Waals surface area (Å²) >= 11 is 0. The number of piperazine rings is 1. The molecule has 1 aliphatic carbocycles. The van der Waals surface area contributed by atoms with Gasteiger partial charge < -0.3 is 10.6 Å². The van der Waals surface area contributed by atoms with Crippen molar-refractivity contribution in [2.24, 2.45) is 5.92 Å². The Labute approximate surface area is 155 Å². The highest BCUT2D eigenvalue weighted by atomic mass is 35.5. The SMILES string of the molecule is Cl.O=C(NCCN1CCNCC1)C1CC1c1cccc2ccccc12. The number of rotatable bonds is 5. The molecule has 2 aliphatic rings. The number of carbonyl (C=O) groups excluding carboxylic acids is 1. The van der Waals surface area contributed by atoms with Gasteiger partial charge in [-0.15, -0.1) is 12.4 Å². The number of nitrogens with zero attached hydrogens (tertiary/aromatic N) is 1. The van der Waals surface area contributed by atoms with Crippen LogP contribution in [0.4, 0.5) is 0 Å². The highest BCUT2D eigenvalue weighted by Gasteiger charge is 2.44. The average molecular weight is 360 g/mol. The minimum Gasteiger partial charge on any atom is -0.355 e. The van der Waals surface area contributed by atoms with Crippen molar-refractivity contribution in [1.82, 2.24) is 15.5 Å². The summed E-state index contributed by atoms with van der Waals surface area (Å²) in [5.41, 5.74) is 1.33. The van der Waals surface area contributed by atoms with Crippen molar-refractivity contribution in [3.63, 3.8) is 0 Å². The minimum absolute atomic E-state index is 0. The van der Waals surface area contributed by atoms with Gasteiger partial charge in [-0.3, -0.25) is 9.69 Å². The van der Waals surface area contributed by atoms with Crippen LogP contribution in [0, 0.1) is 5.92 Å². The molecular formula is C20H26ClN3O. The van der Waals surface area contributed by atoms with E-state index < -0.39 is 0 Å². The van der Waals surface area contributed by atoms with E-state index in [1.807, 2.05) is 0 Å². The first kappa shape index (κ1) is 18.2. The molecule has 1 saturated carbocycles. The summed E-state index contributed by atoms with van der Waals surface area (Å²) in [5.74, 6) is 0.761. The van der Waals surface area contributed by atoms with E-state index in [9.17, 15) is 4.79 Å². The van der Waals surface area contributed by atoms with Gasteiger partial charge in [0.2, 0.25) is 5.91 Å². The number of fused-ring (bicyclic) bond motifs is 1. The highest BCUT2D eigenvalue weighted by Crippen LogP contribution is 2.49. The van der Waals surface area contributed by atoms with E-state index in [2.05, 4.69) is 58.0 Å². The second-order valence-corrected chi connectivity index (χ2v) is 6.90. The summed E-state index contributed by atoms with van der Waals surface area (Å²) < 4.78 is 0. The van der Waals surface area contributed by atoms with E-state index in [1.54, 1.807) is 0 Å². The fourth-order valence-corrected chi connectivity index (χ4v) is 3.81. The Kier molecular flexibility index (Phi) is 5.94. The van der Waals surface area contributed by atoms with Crippen LogP contribution in [0.15, 0.2) is 42.5 Å². The predicted octanol–water partition coefficient (Wildman–Crippen LogP) is 2.39. The Morgan fingerprint density at radius 3 is 2.72 bits per heavy atom. The van der Waals surface area contributed by atoms with E-state index in [1.165, 1.54) is 16.3 Å². The van der Waals surface area contributed by atoms with Crippen molar-refractivity contribution in [1.29, 1.82) is 0 Å². The molecule has 2 aromatic carbocycles. The van der Waals surface area contributed by atoms with E-state index in [0.29, 0.717) is 5.92 Å². The van der Waals surface area contributed by atoms with Gasteiger partial charge in [0.1, 0.15) is 0 Å². The van der Waals surface area contributed by atoms with Gasteiger partial charge in [-0.2, -0.15) is 0 Å². The second-order valence-electron chi connectivity index (χ2n) is 6.90. The fourth-order valence-electron chi connectivity index (χ4n) is 3.81. The third-order valence-electron chi connectivity index (χ3n) is 5.29. The normalized spacial score (nSPS) is 23.0. The molecule has 134 valence electrons. The number of halogens is 1. The number of benzene rings is 2. The summed E-state index contributed by atoms with van der Waals surface area (Å²) in [6.07, 6.45) is 0.980. The van der Waals surface area contributed by atoms with Gasteiger partial charge in [0.05, 0.1) is 0 Å². The van der Waals surface area contributed by atoms with E-state index >= 15 is 0 Å². The molecule has 1 amide bonds. The van der Waals surface area contributed by atoms with Crippen LogP contribution in [0.25, 0.3) is 10.8 Å². The summed E-state index contributed by atoms with van der Waals surface area (Å²) in [4.78, 5) is 14.8. The Balaban J connectivity index is 0.00000182. The van der Waals surface area contributed by atoms with E-state index in [4.69, 9.17) is 0 Å². The zero-order valence-electron chi connectivity index (χ0n) is 14.4. The van der Waals surface area contributed by atoms with Gasteiger partial charge in [-0.05, 0) is 28.7 Å². The van der Waals surface area contributed by atoms with Crippen molar-refractivity contribution in [3.05, 3.63) is 48.0 Å². The Hall–Kier alpha value is -1.62. The van der Waals surface area contributed by atoms with Gasteiger partial charge >= 0.3 is 0 Å². The second kappa shape index (κ2) is 8.17. The predicted molar refractivity (Wildman–Crippen MR) is 104 cm³/mol. The summed E-state index contributed by atoms with van der Waals surface area (Å²) in [5, 5.41) is 9.05. The first-order valence-electron chi connectivity index (χ1n) is 9.01. The van der Waals surface area contributed by atoms with Gasteiger partial charge in [0.25, 0.3) is 0 Å². The van der Waals surface area contributed by atoms with Crippen LogP contribution in [-0.4, -0.2) is 50.1 Å². The first-order chi connectivity index (χ1) is 11.8. The van der Waals surface area contributed by atoms with Crippen molar-refractivity contribution in [2.75, 3.05) is 39.3 Å². The van der Waals surface area contributed by atoms with Crippen LogP contribution >= 0.6 is 12.4 Å². The topological polar surface area (TPSA) is 44.4 Å². The molecule has 25 heavy (non-hydrogen) atoms. The molecule has 1 saturated heterocycles. The molecule has 0 bridgehead atoms. The first-order valence-corrected chi connectivity index (χ1v) is 9.01. The lowest BCUT2D eigenvalue weighted by Crippen LogP contribution is -2.46. The number of amides is 1. The lowest BCUT2D eigenvalue weighted by Gasteiger charge is -2.27. The minimum atomic E-state index is 0. The molecule has 4 nitrogen and oxygen atoms in total. The van der Waals surface area contributed by atoms with Crippen LogP contribution in [0.1, 0.15) is 17.9 Å². The lowest BCUT2D eigenvalue weighted by molar-refractivity contribution is -0.122. The number of hydrogen-bond acceptors (Lipinski definition) is 3. The average Bonchev–Trinajstić information content (AvgIpc) is 3.43. The highest BCUT2D eigenvalue weighted by molar-refractivity contribution is 5.89. The molecule has 0 radical (unpaired) electrons. The van der Waals surface area contributed by atoms with Gasteiger partial charge in [-0.1, -0.05) is 42.5 Å². The van der Waals surface area contributed by atoms with Crippen LogP contribution in [-0.2, 0) is 4.79 Å². The molecule has 4 rings (SSSR count). The largest absolute Gasteiger partial charge is 0.355 e. The maximum atomic E-state index is 12.4. The Morgan fingerprint density at radius 2 is 1.88 bits per heavy atom. The van der Waals surface area contributed by atoms with Gasteiger partial charge in [-0.25, -0.2) is 0 Å². The maximum absolute atomic E-state index is 12.4. The standard InChI is InChI=1S/C20H25N3O.ClH/c24-20(22-10-13-23-11-8-21-9-12-23)19-14-18(19)17-7-3-5-15-4-1-2-6-16(15)17;/h1-7,18-19,21H,8-14H2,(H,22,24);1H. The molecule has 0 spiro atoms. The van der Waals surface area contributed by atoms with Gasteiger partial charge in [0, 0.05) is 45.2 Å². The smallest absolute Gasteiger partial charge is 0.223 e. The zero-order chi connectivity index (χ0) is 16.4. The van der Waals surface area contributed by atoms with Gasteiger partial charge in [0.15, 0.2) is 0 Å². The van der Waals surface area contributed by atoms with Crippen LogP contribution in [0.2, 0.25) is 0 Å². The molecule has 0 aromatic heterocycles. The Morgan fingerprint density at radius 1 is 1.12 bits per heavy atom. The summed E-state index contributed by atoms with van der Waals surface area (Å²) in [6, 6.07) is 14.9. The summed E-state index contributed by atoms with van der Waals surface area (Å²) in [6.45, 7) is 5.99. The van der Waals surface area contributed by atoms with Crippen molar-refractivity contribution >= 4 is 29.1 Å². The maximum Gasteiger partial charge on any atom is 0.223 e. The molecule has 1 heterocycles. The molecule has 2 unspecified atom stereocenters. The molecule has 2 fully saturated rings. The number of nitrogens with one attached hydrogen (secondary N) is 2. The molecular weight excluding hydrogens is 334 g/mol. The molecule has 5 heteroatoms. The summed E-state index contributed by atoms with van der Waals surface area (Å²) in [7, 11) is 0. The van der Waals surface area contributed by atoms with Crippen LogP contribution in [0.3, 0.4) is 0 Å². The third kappa shape index (κ3) is 4.14. The number of hydrogen-bond donors (Lipinski definition) is 2. The third-order valence-corrected chi connectivity index (χ3v) is 5.29. The fraction of sp³-hybridized carbons (Fsp3) is 0.450. The zero-order valence-corrected chi connectivity index (χ0v) is 15.2. The van der Waals surface area contributed by atoms with Crippen molar-refractivity contribution in [2.45, 2.75) is 12.3 Å².